The maximum Gasteiger partial charge on any atom is 0.410 e. The van der Waals surface area contributed by atoms with E-state index in [0.717, 1.165) is 32.5 Å². The molecule has 1 aliphatic heterocycles. The Bertz CT molecular complexity index is 285. The molecular formula is C12H23ClN2O2. The molecule has 5 heteroatoms. The van der Waals surface area contributed by atoms with E-state index in [4.69, 9.17) is 4.74 Å². The first-order valence-electron chi connectivity index (χ1n) is 6.14. The molecule has 1 spiro atoms. The van der Waals surface area contributed by atoms with Crippen LogP contribution in [0.3, 0.4) is 0 Å². The average molecular weight is 263 g/mol. The van der Waals surface area contributed by atoms with E-state index in [1.165, 1.54) is 6.42 Å². The van der Waals surface area contributed by atoms with Gasteiger partial charge in [0.25, 0.3) is 0 Å². The van der Waals surface area contributed by atoms with Crippen LogP contribution in [-0.4, -0.2) is 41.8 Å². The zero-order chi connectivity index (χ0) is 11.8. The van der Waals surface area contributed by atoms with E-state index >= 15 is 0 Å². The monoisotopic (exact) mass is 262 g/mol. The van der Waals surface area contributed by atoms with E-state index in [1.807, 2.05) is 25.7 Å². The van der Waals surface area contributed by atoms with Crippen LogP contribution in [0.5, 0.6) is 0 Å². The van der Waals surface area contributed by atoms with E-state index in [0.29, 0.717) is 0 Å². The molecule has 1 saturated carbocycles. The molecule has 17 heavy (non-hydrogen) atoms. The Hall–Kier alpha value is -0.480. The number of hydrogen-bond donors (Lipinski definition) is 1. The molecule has 0 radical (unpaired) electrons. The van der Waals surface area contributed by atoms with Gasteiger partial charge in [0.1, 0.15) is 5.60 Å². The minimum absolute atomic E-state index is 0. The highest BCUT2D eigenvalue weighted by Gasteiger charge is 2.47. The second-order valence-electron chi connectivity index (χ2n) is 5.89. The molecule has 2 aliphatic rings. The van der Waals surface area contributed by atoms with Crippen LogP contribution in [0.4, 0.5) is 4.79 Å². The summed E-state index contributed by atoms with van der Waals surface area (Å²) in [5, 5.41) is 3.38. The SMILES string of the molecule is CC(C)(C)OC(=O)N1CCNCC12CCC2.Cl. The fourth-order valence-corrected chi connectivity index (χ4v) is 2.48. The lowest BCUT2D eigenvalue weighted by molar-refractivity contribution is -0.0361. The topological polar surface area (TPSA) is 41.6 Å². The highest BCUT2D eigenvalue weighted by molar-refractivity contribution is 5.85. The normalized spacial score (nSPS) is 22.6. The summed E-state index contributed by atoms with van der Waals surface area (Å²) in [6.07, 6.45) is 3.30. The van der Waals surface area contributed by atoms with Crippen molar-refractivity contribution >= 4 is 18.5 Å². The Morgan fingerprint density at radius 3 is 2.47 bits per heavy atom. The summed E-state index contributed by atoms with van der Waals surface area (Å²) in [5.41, 5.74) is -0.340. The van der Waals surface area contributed by atoms with Gasteiger partial charge in [-0.1, -0.05) is 0 Å². The van der Waals surface area contributed by atoms with Gasteiger partial charge in [0.15, 0.2) is 0 Å². The minimum Gasteiger partial charge on any atom is -0.444 e. The fraction of sp³-hybridized carbons (Fsp3) is 0.917. The van der Waals surface area contributed by atoms with Crippen molar-refractivity contribution in [3.8, 4) is 0 Å². The predicted octanol–water partition coefficient (Wildman–Crippen LogP) is 2.17. The number of hydrogen-bond acceptors (Lipinski definition) is 3. The number of nitrogens with one attached hydrogen (secondary N) is 1. The van der Waals surface area contributed by atoms with Crippen molar-refractivity contribution in [3.05, 3.63) is 0 Å². The maximum absolute atomic E-state index is 12.1. The first-order chi connectivity index (χ1) is 7.43. The van der Waals surface area contributed by atoms with Crippen molar-refractivity contribution in [2.45, 2.75) is 51.2 Å². The van der Waals surface area contributed by atoms with Gasteiger partial charge in [0.2, 0.25) is 0 Å². The van der Waals surface area contributed by atoms with Crippen molar-refractivity contribution in [3.63, 3.8) is 0 Å². The van der Waals surface area contributed by atoms with Crippen LogP contribution in [0.15, 0.2) is 0 Å². The third kappa shape index (κ3) is 3.05. The summed E-state index contributed by atoms with van der Waals surface area (Å²) in [6, 6.07) is 0. The van der Waals surface area contributed by atoms with Gasteiger partial charge in [0, 0.05) is 19.6 Å². The Morgan fingerprint density at radius 1 is 1.35 bits per heavy atom. The summed E-state index contributed by atoms with van der Waals surface area (Å²) in [6.45, 7) is 8.32. The lowest BCUT2D eigenvalue weighted by Gasteiger charge is -2.52. The van der Waals surface area contributed by atoms with Crippen LogP contribution in [-0.2, 0) is 4.74 Å². The molecule has 0 aromatic heterocycles. The van der Waals surface area contributed by atoms with Crippen molar-refractivity contribution in [1.29, 1.82) is 0 Å². The molecule has 1 aliphatic carbocycles. The predicted molar refractivity (Wildman–Crippen MR) is 69.6 cm³/mol. The summed E-state index contributed by atoms with van der Waals surface area (Å²) in [5.74, 6) is 0. The zero-order valence-corrected chi connectivity index (χ0v) is 11.7. The van der Waals surface area contributed by atoms with Gasteiger partial charge in [-0.2, -0.15) is 0 Å². The van der Waals surface area contributed by atoms with Crippen molar-refractivity contribution < 1.29 is 9.53 Å². The largest absolute Gasteiger partial charge is 0.444 e. The average Bonchev–Trinajstić information content (AvgIpc) is 2.12. The lowest BCUT2D eigenvalue weighted by atomic mass is 9.74. The van der Waals surface area contributed by atoms with Gasteiger partial charge >= 0.3 is 6.09 Å². The molecule has 2 fully saturated rings. The Labute approximate surface area is 109 Å². The summed E-state index contributed by atoms with van der Waals surface area (Å²) in [4.78, 5) is 14.0. The Kier molecular flexibility index (Phi) is 4.31. The van der Waals surface area contributed by atoms with E-state index in [1.54, 1.807) is 0 Å². The molecule has 0 aromatic rings. The van der Waals surface area contributed by atoms with Crippen molar-refractivity contribution in [2.24, 2.45) is 0 Å². The highest BCUT2D eigenvalue weighted by atomic mass is 35.5. The molecule has 1 N–H and O–H groups in total. The van der Waals surface area contributed by atoms with E-state index < -0.39 is 5.60 Å². The van der Waals surface area contributed by atoms with Crippen molar-refractivity contribution in [2.75, 3.05) is 19.6 Å². The number of rotatable bonds is 0. The molecule has 4 nitrogen and oxygen atoms in total. The second-order valence-corrected chi connectivity index (χ2v) is 5.89. The number of carbonyl (C=O) groups excluding carboxylic acids is 1. The van der Waals surface area contributed by atoms with Crippen LogP contribution in [0.25, 0.3) is 0 Å². The van der Waals surface area contributed by atoms with Crippen molar-refractivity contribution in [1.82, 2.24) is 10.2 Å². The number of amides is 1. The molecule has 1 saturated heterocycles. The van der Waals surface area contributed by atoms with Crippen LogP contribution in [0.1, 0.15) is 40.0 Å². The summed E-state index contributed by atoms with van der Waals surface area (Å²) in [7, 11) is 0. The van der Waals surface area contributed by atoms with Gasteiger partial charge < -0.3 is 10.1 Å². The minimum atomic E-state index is -0.396. The molecule has 0 atom stereocenters. The maximum atomic E-state index is 12.1. The first kappa shape index (κ1) is 14.6. The summed E-state index contributed by atoms with van der Waals surface area (Å²) < 4.78 is 5.47. The number of carbonyl (C=O) groups is 1. The standard InChI is InChI=1S/C12H22N2O2.ClH/c1-11(2,3)16-10(15)14-8-7-13-9-12(14)5-4-6-12;/h13H,4-9H2,1-3H3;1H. The van der Waals surface area contributed by atoms with E-state index in [2.05, 4.69) is 5.32 Å². The second kappa shape index (κ2) is 5.02. The number of halogens is 1. The van der Waals surface area contributed by atoms with Gasteiger partial charge in [-0.25, -0.2) is 4.79 Å². The van der Waals surface area contributed by atoms with E-state index in [-0.39, 0.29) is 24.0 Å². The molecule has 0 unspecified atom stereocenters. The Morgan fingerprint density at radius 2 is 2.00 bits per heavy atom. The molecule has 0 aromatic carbocycles. The Balaban J connectivity index is 0.00000144. The number of ether oxygens (including phenoxy) is 1. The lowest BCUT2D eigenvalue weighted by Crippen LogP contribution is -2.66. The van der Waals surface area contributed by atoms with Gasteiger partial charge in [0.05, 0.1) is 5.54 Å². The van der Waals surface area contributed by atoms with Crippen LogP contribution < -0.4 is 5.32 Å². The smallest absolute Gasteiger partial charge is 0.410 e. The quantitative estimate of drug-likeness (QED) is 0.728. The van der Waals surface area contributed by atoms with Gasteiger partial charge in [-0.05, 0) is 40.0 Å². The molecular weight excluding hydrogens is 240 g/mol. The van der Waals surface area contributed by atoms with Crippen LogP contribution >= 0.6 is 12.4 Å². The van der Waals surface area contributed by atoms with Gasteiger partial charge in [-0.3, -0.25) is 4.90 Å². The fourth-order valence-electron chi connectivity index (χ4n) is 2.48. The zero-order valence-electron chi connectivity index (χ0n) is 10.9. The molecule has 100 valence electrons. The number of piperazine rings is 1. The third-order valence-corrected chi connectivity index (χ3v) is 3.44. The molecule has 1 heterocycles. The molecule has 2 rings (SSSR count). The third-order valence-electron chi connectivity index (χ3n) is 3.44. The van der Waals surface area contributed by atoms with E-state index in [9.17, 15) is 4.79 Å². The molecule has 0 bridgehead atoms. The summed E-state index contributed by atoms with van der Waals surface area (Å²) >= 11 is 0. The highest BCUT2D eigenvalue weighted by Crippen LogP contribution is 2.39. The van der Waals surface area contributed by atoms with Crippen LogP contribution in [0, 0.1) is 0 Å². The number of nitrogens with zero attached hydrogens (tertiary/aromatic N) is 1. The van der Waals surface area contributed by atoms with Gasteiger partial charge in [-0.15, -0.1) is 12.4 Å². The molecule has 1 amide bonds. The van der Waals surface area contributed by atoms with Crippen LogP contribution in [0.2, 0.25) is 0 Å². The first-order valence-corrected chi connectivity index (χ1v) is 6.14.